The van der Waals surface area contributed by atoms with Crippen LogP contribution >= 0.6 is 0 Å². The molecule has 0 aromatic rings. The Kier molecular flexibility index (Phi) is 15.0. The second-order valence-electron chi connectivity index (χ2n) is 8.93. The van der Waals surface area contributed by atoms with Gasteiger partial charge in [-0.25, -0.2) is 0 Å². The van der Waals surface area contributed by atoms with E-state index in [-0.39, 0.29) is 5.41 Å². The van der Waals surface area contributed by atoms with Crippen LogP contribution in [0.15, 0.2) is 5.16 Å². The first-order chi connectivity index (χ1) is 12.9. The van der Waals surface area contributed by atoms with E-state index < -0.39 is 0 Å². The molecular formula is C24H50N2O. The van der Waals surface area contributed by atoms with Gasteiger partial charge in [0.05, 0.1) is 5.71 Å². The fourth-order valence-corrected chi connectivity index (χ4v) is 3.82. The number of hydrogen-bond donors (Lipinski definition) is 1. The van der Waals surface area contributed by atoms with E-state index in [1.165, 1.54) is 44.2 Å². The van der Waals surface area contributed by atoms with E-state index in [1.807, 2.05) is 13.8 Å². The molecule has 1 saturated heterocycles. The Morgan fingerprint density at radius 3 is 2.26 bits per heavy atom. The number of oxime groups is 1. The summed E-state index contributed by atoms with van der Waals surface area (Å²) in [6.45, 7) is 20.8. The molecule has 1 fully saturated rings. The second-order valence-corrected chi connectivity index (χ2v) is 8.93. The van der Waals surface area contributed by atoms with Gasteiger partial charge in [-0.15, -0.1) is 0 Å². The summed E-state index contributed by atoms with van der Waals surface area (Å²) in [5.74, 6) is 2.16. The highest BCUT2D eigenvalue weighted by molar-refractivity contribution is 5.87. The van der Waals surface area contributed by atoms with Gasteiger partial charge in [-0.3, -0.25) is 0 Å². The Morgan fingerprint density at radius 1 is 1.04 bits per heavy atom. The Bertz CT molecular complexity index is 375. The third-order valence-electron chi connectivity index (χ3n) is 6.40. The van der Waals surface area contributed by atoms with Crippen LogP contribution in [0.4, 0.5) is 0 Å². The summed E-state index contributed by atoms with van der Waals surface area (Å²) in [6.07, 6.45) is 10.4. The van der Waals surface area contributed by atoms with Gasteiger partial charge in [-0.1, -0.05) is 85.7 Å². The van der Waals surface area contributed by atoms with Crippen molar-refractivity contribution >= 4 is 5.71 Å². The normalized spacial score (nSPS) is 20.2. The average Bonchev–Trinajstić information content (AvgIpc) is 2.67. The van der Waals surface area contributed by atoms with E-state index in [0.717, 1.165) is 44.4 Å². The lowest BCUT2D eigenvalue weighted by Gasteiger charge is -2.33. The van der Waals surface area contributed by atoms with Gasteiger partial charge in [0.25, 0.3) is 0 Å². The van der Waals surface area contributed by atoms with Gasteiger partial charge < -0.3 is 10.2 Å². The van der Waals surface area contributed by atoms with E-state index in [9.17, 15) is 0 Å². The largest absolute Gasteiger partial charge is 0.396 e. The van der Waals surface area contributed by atoms with E-state index in [0.29, 0.717) is 5.92 Å². The maximum absolute atomic E-state index is 5.74. The first kappa shape index (κ1) is 26.4. The Labute approximate surface area is 171 Å². The zero-order chi connectivity index (χ0) is 20.7. The van der Waals surface area contributed by atoms with Crippen LogP contribution in [-0.4, -0.2) is 25.4 Å². The van der Waals surface area contributed by atoms with Gasteiger partial charge >= 0.3 is 0 Å². The van der Waals surface area contributed by atoms with Gasteiger partial charge in [0, 0.05) is 5.41 Å². The highest BCUT2D eigenvalue weighted by atomic mass is 16.6. The minimum atomic E-state index is 0.217. The lowest BCUT2D eigenvalue weighted by Crippen LogP contribution is -2.39. The van der Waals surface area contributed by atoms with Gasteiger partial charge in [0.2, 0.25) is 0 Å². The van der Waals surface area contributed by atoms with Crippen molar-refractivity contribution in [2.45, 2.75) is 107 Å². The van der Waals surface area contributed by atoms with Gasteiger partial charge in [0.15, 0.2) is 0 Å². The first-order valence-corrected chi connectivity index (χ1v) is 11.8. The van der Waals surface area contributed by atoms with Crippen LogP contribution < -0.4 is 5.32 Å². The maximum atomic E-state index is 5.74. The standard InChI is InChI=1S/C22H44N2O.C2H6/c1-7-8-9-10-11-19(3)20(4)16-18(2)17-25-24-21(5)22(6)12-14-23-15-13-22;1-2/h18-20,23H,7-17H2,1-6H3;1-2H3/b24-21+;/t18-,19?,20?;/m0./s1. The molecule has 3 atom stereocenters. The van der Waals surface area contributed by atoms with Crippen LogP contribution in [0.5, 0.6) is 0 Å². The Balaban J connectivity index is 0.00000326. The summed E-state index contributed by atoms with van der Waals surface area (Å²) >= 11 is 0. The van der Waals surface area contributed by atoms with Crippen molar-refractivity contribution in [2.75, 3.05) is 19.7 Å². The van der Waals surface area contributed by atoms with E-state index >= 15 is 0 Å². The minimum absolute atomic E-state index is 0.217. The Morgan fingerprint density at radius 2 is 1.67 bits per heavy atom. The predicted molar refractivity (Wildman–Crippen MR) is 121 cm³/mol. The zero-order valence-electron chi connectivity index (χ0n) is 19.9. The van der Waals surface area contributed by atoms with Crippen molar-refractivity contribution in [3.05, 3.63) is 0 Å². The molecule has 162 valence electrons. The number of nitrogens with zero attached hydrogens (tertiary/aromatic N) is 1. The average molecular weight is 383 g/mol. The van der Waals surface area contributed by atoms with Crippen LogP contribution in [0.2, 0.25) is 0 Å². The SMILES string of the molecule is CC.CCCCCCC(C)C(C)C[C@H](C)CO/N=C(\C)C1(C)CCNCC1. The molecule has 0 spiro atoms. The molecule has 0 amide bonds. The van der Waals surface area contributed by atoms with E-state index in [2.05, 4.69) is 52.0 Å². The highest BCUT2D eigenvalue weighted by Crippen LogP contribution is 2.30. The van der Waals surface area contributed by atoms with Crippen LogP contribution in [0.1, 0.15) is 107 Å². The molecule has 2 unspecified atom stereocenters. The molecule has 0 aromatic carbocycles. The van der Waals surface area contributed by atoms with Gasteiger partial charge in [-0.2, -0.15) is 0 Å². The summed E-state index contributed by atoms with van der Waals surface area (Å²) in [6, 6.07) is 0. The molecule has 0 radical (unpaired) electrons. The first-order valence-electron chi connectivity index (χ1n) is 11.8. The molecule has 0 aliphatic carbocycles. The summed E-state index contributed by atoms with van der Waals surface area (Å²) in [7, 11) is 0. The number of piperidine rings is 1. The number of unbranched alkanes of at least 4 members (excludes halogenated alkanes) is 3. The van der Waals surface area contributed by atoms with Crippen molar-refractivity contribution in [3.63, 3.8) is 0 Å². The summed E-state index contributed by atoms with van der Waals surface area (Å²) in [5, 5.41) is 7.90. The van der Waals surface area contributed by atoms with Gasteiger partial charge in [0.1, 0.15) is 6.61 Å². The fraction of sp³-hybridized carbons (Fsp3) is 0.958. The number of hydrogen-bond acceptors (Lipinski definition) is 3. The quantitative estimate of drug-likeness (QED) is 0.222. The third-order valence-corrected chi connectivity index (χ3v) is 6.40. The maximum Gasteiger partial charge on any atom is 0.119 e. The molecule has 0 aromatic heterocycles. The molecule has 1 heterocycles. The summed E-state index contributed by atoms with van der Waals surface area (Å²) < 4.78 is 0. The molecule has 1 aliphatic rings. The molecule has 0 saturated carbocycles. The molecule has 3 heteroatoms. The van der Waals surface area contributed by atoms with Crippen molar-refractivity contribution in [2.24, 2.45) is 28.3 Å². The predicted octanol–water partition coefficient (Wildman–Crippen LogP) is 7.06. The van der Waals surface area contributed by atoms with Crippen molar-refractivity contribution in [3.8, 4) is 0 Å². The number of rotatable bonds is 12. The molecule has 1 aliphatic heterocycles. The monoisotopic (exact) mass is 382 g/mol. The van der Waals surface area contributed by atoms with Crippen LogP contribution in [0.3, 0.4) is 0 Å². The second kappa shape index (κ2) is 15.4. The van der Waals surface area contributed by atoms with Crippen molar-refractivity contribution < 1.29 is 4.84 Å². The highest BCUT2D eigenvalue weighted by Gasteiger charge is 2.30. The number of nitrogens with one attached hydrogen (secondary N) is 1. The van der Waals surface area contributed by atoms with Crippen LogP contribution in [0, 0.1) is 23.2 Å². The minimum Gasteiger partial charge on any atom is -0.396 e. The van der Waals surface area contributed by atoms with Crippen molar-refractivity contribution in [1.29, 1.82) is 0 Å². The van der Waals surface area contributed by atoms with Crippen molar-refractivity contribution in [1.82, 2.24) is 5.32 Å². The lowest BCUT2D eigenvalue weighted by atomic mass is 9.77. The third kappa shape index (κ3) is 11.1. The van der Waals surface area contributed by atoms with E-state index in [4.69, 9.17) is 4.84 Å². The Hall–Kier alpha value is -0.570. The molecule has 1 rings (SSSR count). The smallest absolute Gasteiger partial charge is 0.119 e. The van der Waals surface area contributed by atoms with Crippen LogP contribution in [-0.2, 0) is 4.84 Å². The molecular weight excluding hydrogens is 332 g/mol. The van der Waals surface area contributed by atoms with E-state index in [1.54, 1.807) is 0 Å². The lowest BCUT2D eigenvalue weighted by molar-refractivity contribution is 0.0957. The molecule has 1 N–H and O–H groups in total. The topological polar surface area (TPSA) is 33.6 Å². The van der Waals surface area contributed by atoms with Crippen LogP contribution in [0.25, 0.3) is 0 Å². The zero-order valence-corrected chi connectivity index (χ0v) is 19.9. The fourth-order valence-electron chi connectivity index (χ4n) is 3.82. The van der Waals surface area contributed by atoms with Gasteiger partial charge in [-0.05, 0) is 57.0 Å². The summed E-state index contributed by atoms with van der Waals surface area (Å²) in [4.78, 5) is 5.74. The summed E-state index contributed by atoms with van der Waals surface area (Å²) in [5.41, 5.74) is 1.38. The molecule has 0 bridgehead atoms. The molecule has 27 heavy (non-hydrogen) atoms. The molecule has 3 nitrogen and oxygen atoms in total.